The van der Waals surface area contributed by atoms with Gasteiger partial charge in [0.2, 0.25) is 0 Å². The molecule has 1 nitrogen and oxygen atoms in total. The number of benzene rings is 1. The predicted molar refractivity (Wildman–Crippen MR) is 63.2 cm³/mol. The molecule has 1 aromatic rings. The van der Waals surface area contributed by atoms with Gasteiger partial charge in [-0.05, 0) is 37.6 Å². The second-order valence-corrected chi connectivity index (χ2v) is 4.47. The van der Waals surface area contributed by atoms with Crippen molar-refractivity contribution in [2.75, 3.05) is 7.05 Å². The van der Waals surface area contributed by atoms with Gasteiger partial charge >= 0.3 is 12.4 Å². The Kier molecular flexibility index (Phi) is 5.44. The zero-order valence-electron chi connectivity index (χ0n) is 10.8. The van der Waals surface area contributed by atoms with Gasteiger partial charge in [-0.25, -0.2) is 0 Å². The quantitative estimate of drug-likeness (QED) is 0.777. The Balaban J connectivity index is 2.75. The first-order valence-electron chi connectivity index (χ1n) is 6.04. The van der Waals surface area contributed by atoms with E-state index in [-0.39, 0.29) is 12.8 Å². The highest BCUT2D eigenvalue weighted by Crippen LogP contribution is 2.32. The summed E-state index contributed by atoms with van der Waals surface area (Å²) in [5.41, 5.74) is -0.462. The summed E-state index contributed by atoms with van der Waals surface area (Å²) in [6.45, 7) is 0. The summed E-state index contributed by atoms with van der Waals surface area (Å²) >= 11 is 0. The van der Waals surface area contributed by atoms with Crippen LogP contribution in [-0.4, -0.2) is 13.2 Å². The van der Waals surface area contributed by atoms with Gasteiger partial charge in [0.25, 0.3) is 0 Å². The van der Waals surface area contributed by atoms with Crippen LogP contribution in [0.25, 0.3) is 0 Å². The minimum Gasteiger partial charge on any atom is -0.313 e. The Morgan fingerprint density at radius 3 is 2.25 bits per heavy atom. The molecule has 7 heteroatoms. The van der Waals surface area contributed by atoms with Crippen LogP contribution < -0.4 is 5.32 Å². The maximum atomic E-state index is 12.6. The molecule has 0 radical (unpaired) electrons. The summed E-state index contributed by atoms with van der Waals surface area (Å²) in [5.74, 6) is 0. The van der Waals surface area contributed by atoms with E-state index in [1.54, 1.807) is 0 Å². The summed E-state index contributed by atoms with van der Waals surface area (Å²) in [6.07, 6.45) is -9.65. The van der Waals surface area contributed by atoms with Gasteiger partial charge in [-0.1, -0.05) is 12.1 Å². The molecular formula is C13H15F6N. The molecule has 0 aliphatic heterocycles. The maximum Gasteiger partial charge on any atom is 0.416 e. The zero-order chi connectivity index (χ0) is 15.4. The minimum absolute atomic E-state index is 0.122. The van der Waals surface area contributed by atoms with Crippen molar-refractivity contribution in [2.24, 2.45) is 0 Å². The third-order valence-electron chi connectivity index (χ3n) is 2.92. The largest absolute Gasteiger partial charge is 0.416 e. The van der Waals surface area contributed by atoms with Gasteiger partial charge < -0.3 is 5.32 Å². The van der Waals surface area contributed by atoms with Crippen LogP contribution in [0.15, 0.2) is 24.3 Å². The molecule has 0 heterocycles. The lowest BCUT2D eigenvalue weighted by atomic mass is 9.99. The maximum absolute atomic E-state index is 12.6. The molecule has 1 unspecified atom stereocenters. The molecule has 1 N–H and O–H groups in total. The smallest absolute Gasteiger partial charge is 0.313 e. The molecule has 0 amide bonds. The lowest BCUT2D eigenvalue weighted by Gasteiger charge is -2.18. The van der Waals surface area contributed by atoms with Gasteiger partial charge in [-0.15, -0.1) is 0 Å². The third-order valence-corrected chi connectivity index (χ3v) is 2.92. The van der Waals surface area contributed by atoms with E-state index in [1.807, 2.05) is 0 Å². The van der Waals surface area contributed by atoms with Gasteiger partial charge in [-0.2, -0.15) is 26.3 Å². The highest BCUT2D eigenvalue weighted by molar-refractivity contribution is 5.28. The molecule has 0 saturated heterocycles. The molecule has 1 atom stereocenters. The molecule has 0 saturated carbocycles. The molecule has 0 fully saturated rings. The number of halogens is 6. The van der Waals surface area contributed by atoms with Crippen molar-refractivity contribution in [3.05, 3.63) is 35.4 Å². The van der Waals surface area contributed by atoms with Crippen LogP contribution in [-0.2, 0) is 6.18 Å². The first kappa shape index (κ1) is 16.8. The fourth-order valence-corrected chi connectivity index (χ4v) is 1.92. The topological polar surface area (TPSA) is 12.0 Å². The second kappa shape index (κ2) is 6.47. The van der Waals surface area contributed by atoms with Crippen molar-refractivity contribution < 1.29 is 26.3 Å². The molecule has 0 aromatic heterocycles. The summed E-state index contributed by atoms with van der Waals surface area (Å²) < 4.78 is 73.9. The standard InChI is InChI=1S/C13H15F6N/c1-20-11(6-3-7-12(14,15)16)9-4-2-5-10(8-9)13(17,18)19/h2,4-5,8,11,20H,3,6-7H2,1H3. The predicted octanol–water partition coefficient (Wildman–Crippen LogP) is 4.70. The number of hydrogen-bond donors (Lipinski definition) is 1. The van der Waals surface area contributed by atoms with Crippen molar-refractivity contribution in [1.82, 2.24) is 5.32 Å². The second-order valence-electron chi connectivity index (χ2n) is 4.47. The lowest BCUT2D eigenvalue weighted by molar-refractivity contribution is -0.137. The zero-order valence-corrected chi connectivity index (χ0v) is 10.8. The summed E-state index contributed by atoms with van der Waals surface area (Å²) in [4.78, 5) is 0. The molecule has 0 bridgehead atoms. The molecule has 114 valence electrons. The number of alkyl halides is 6. The minimum atomic E-state index is -4.46. The molecule has 1 rings (SSSR count). The average molecular weight is 299 g/mol. The molecular weight excluding hydrogens is 284 g/mol. The first-order valence-corrected chi connectivity index (χ1v) is 6.04. The monoisotopic (exact) mass is 299 g/mol. The van der Waals surface area contributed by atoms with Crippen molar-refractivity contribution >= 4 is 0 Å². The van der Waals surface area contributed by atoms with Crippen molar-refractivity contribution in [3.8, 4) is 0 Å². The Morgan fingerprint density at radius 2 is 1.75 bits per heavy atom. The van der Waals surface area contributed by atoms with Crippen LogP contribution in [0.5, 0.6) is 0 Å². The fourth-order valence-electron chi connectivity index (χ4n) is 1.92. The summed E-state index contributed by atoms with van der Waals surface area (Å²) in [7, 11) is 1.51. The Bertz CT molecular complexity index is 424. The van der Waals surface area contributed by atoms with E-state index in [1.165, 1.54) is 19.2 Å². The Morgan fingerprint density at radius 1 is 1.10 bits per heavy atom. The molecule has 0 aliphatic carbocycles. The van der Waals surface area contributed by atoms with Gasteiger partial charge in [0.05, 0.1) is 5.56 Å². The van der Waals surface area contributed by atoms with Crippen molar-refractivity contribution in [2.45, 2.75) is 37.7 Å². The van der Waals surface area contributed by atoms with Gasteiger partial charge in [0.1, 0.15) is 0 Å². The van der Waals surface area contributed by atoms with Crippen LogP contribution in [0.3, 0.4) is 0 Å². The Labute approximate surface area is 113 Å². The highest BCUT2D eigenvalue weighted by atomic mass is 19.4. The molecule has 1 aromatic carbocycles. The van der Waals surface area contributed by atoms with Gasteiger partial charge in [-0.3, -0.25) is 0 Å². The van der Waals surface area contributed by atoms with Crippen LogP contribution in [0.4, 0.5) is 26.3 Å². The molecule has 0 aliphatic rings. The fraction of sp³-hybridized carbons (Fsp3) is 0.538. The first-order chi connectivity index (χ1) is 9.13. The van der Waals surface area contributed by atoms with E-state index < -0.39 is 30.4 Å². The van der Waals surface area contributed by atoms with Crippen LogP contribution in [0.1, 0.15) is 36.4 Å². The number of hydrogen-bond acceptors (Lipinski definition) is 1. The molecule has 20 heavy (non-hydrogen) atoms. The van der Waals surface area contributed by atoms with E-state index in [2.05, 4.69) is 5.32 Å². The van der Waals surface area contributed by atoms with E-state index in [4.69, 9.17) is 0 Å². The normalized spacial score (nSPS) is 14.3. The third kappa shape index (κ3) is 5.40. The van der Waals surface area contributed by atoms with Gasteiger partial charge in [0.15, 0.2) is 0 Å². The number of nitrogens with one attached hydrogen (secondary N) is 1. The van der Waals surface area contributed by atoms with Gasteiger partial charge in [0, 0.05) is 12.5 Å². The van der Waals surface area contributed by atoms with E-state index in [9.17, 15) is 26.3 Å². The Hall–Kier alpha value is -1.24. The lowest BCUT2D eigenvalue weighted by Crippen LogP contribution is -2.18. The molecule has 0 spiro atoms. The van der Waals surface area contributed by atoms with E-state index in [0.717, 1.165) is 12.1 Å². The SMILES string of the molecule is CNC(CCCC(F)(F)F)c1cccc(C(F)(F)F)c1. The van der Waals surface area contributed by atoms with E-state index >= 15 is 0 Å². The van der Waals surface area contributed by atoms with Crippen molar-refractivity contribution in [3.63, 3.8) is 0 Å². The summed E-state index contributed by atoms with van der Waals surface area (Å²) in [6, 6.07) is 4.11. The van der Waals surface area contributed by atoms with Crippen LogP contribution in [0.2, 0.25) is 0 Å². The average Bonchev–Trinajstić information content (AvgIpc) is 2.32. The van der Waals surface area contributed by atoms with Crippen molar-refractivity contribution in [1.29, 1.82) is 0 Å². The number of rotatable bonds is 5. The highest BCUT2D eigenvalue weighted by Gasteiger charge is 2.31. The van der Waals surface area contributed by atoms with Crippen LogP contribution in [0, 0.1) is 0 Å². The summed E-state index contributed by atoms with van der Waals surface area (Å²) in [5, 5.41) is 2.75. The van der Waals surface area contributed by atoms with Crippen LogP contribution >= 0.6 is 0 Å². The van der Waals surface area contributed by atoms with E-state index in [0.29, 0.717) is 5.56 Å².